The Morgan fingerprint density at radius 1 is 1.24 bits per heavy atom. The number of benzene rings is 1. The van der Waals surface area contributed by atoms with Crippen LogP contribution in [0.1, 0.15) is 10.4 Å². The van der Waals surface area contributed by atoms with E-state index in [0.717, 1.165) is 18.2 Å². The van der Waals surface area contributed by atoms with E-state index in [1.807, 2.05) is 0 Å². The summed E-state index contributed by atoms with van der Waals surface area (Å²) in [7, 11) is 1.13. The van der Waals surface area contributed by atoms with E-state index >= 15 is 0 Å². The number of fused-ring (bicyclic) bond motifs is 1. The smallest absolute Gasteiger partial charge is 0.365 e. The van der Waals surface area contributed by atoms with Gasteiger partial charge in [0, 0.05) is 10.7 Å². The van der Waals surface area contributed by atoms with Crippen molar-refractivity contribution in [3.8, 4) is 5.75 Å². The van der Waals surface area contributed by atoms with Crippen molar-refractivity contribution in [2.24, 2.45) is 0 Å². The normalized spacial score (nSPS) is 15.5. The third-order valence-corrected chi connectivity index (χ3v) is 3.46. The monoisotopic (exact) mass is 273 g/mol. The summed E-state index contributed by atoms with van der Waals surface area (Å²) in [6.45, 7) is 0. The van der Waals surface area contributed by atoms with Crippen LogP contribution in [0.3, 0.4) is 0 Å². The van der Waals surface area contributed by atoms with Crippen LogP contribution in [0.15, 0.2) is 23.1 Å². The molecular weight excluding hydrogens is 270 g/mol. The van der Waals surface area contributed by atoms with E-state index in [-0.39, 0.29) is 16.2 Å². The summed E-state index contributed by atoms with van der Waals surface area (Å²) >= 11 is 0. The Morgan fingerprint density at radius 3 is 2.47 bits per heavy atom. The molecule has 1 aromatic carbocycles. The molecule has 0 aliphatic carbocycles. The summed E-state index contributed by atoms with van der Waals surface area (Å²) in [4.78, 5) is 22.3. The minimum absolute atomic E-state index is 0.0833. The average Bonchev–Trinajstić information content (AvgIpc) is 2.24. The van der Waals surface area contributed by atoms with E-state index in [1.54, 1.807) is 0 Å². The van der Waals surface area contributed by atoms with Gasteiger partial charge in [0.05, 0.1) is 10.5 Å². The average molecular weight is 274 g/mol. The third kappa shape index (κ3) is 1.94. The first-order chi connectivity index (χ1) is 7.80. The number of halogens is 1. The Hall–Kier alpha value is -1.73. The minimum Gasteiger partial charge on any atom is -0.421 e. The Labute approximate surface area is 100 Å². The SMILES string of the molecule is N=C1C(=O)Oc2ccc(S(=O)(=O)Cl)cc2C1=O. The highest BCUT2D eigenvalue weighted by Crippen LogP contribution is 2.28. The number of ether oxygens (including phenoxy) is 1. The van der Waals surface area contributed by atoms with E-state index in [0.29, 0.717) is 0 Å². The lowest BCUT2D eigenvalue weighted by molar-refractivity contribution is -0.127. The molecular formula is C9H4ClNO5S. The molecule has 17 heavy (non-hydrogen) atoms. The molecule has 0 amide bonds. The molecule has 0 saturated heterocycles. The molecule has 2 rings (SSSR count). The number of nitrogens with one attached hydrogen (secondary N) is 1. The van der Waals surface area contributed by atoms with Crippen molar-refractivity contribution in [3.63, 3.8) is 0 Å². The Bertz CT molecular complexity index is 664. The zero-order chi connectivity index (χ0) is 12.8. The molecule has 6 nitrogen and oxygen atoms in total. The van der Waals surface area contributed by atoms with Crippen LogP contribution in [0.25, 0.3) is 0 Å². The number of Topliss-reactive ketones (excluding diaryl/α,β-unsaturated/α-hetero) is 1. The molecule has 0 spiro atoms. The second kappa shape index (κ2) is 3.64. The van der Waals surface area contributed by atoms with Gasteiger partial charge in [-0.25, -0.2) is 13.2 Å². The molecule has 1 N–H and O–H groups in total. The van der Waals surface area contributed by atoms with E-state index in [2.05, 4.69) is 4.74 Å². The first-order valence-corrected chi connectivity index (χ1v) is 6.56. The van der Waals surface area contributed by atoms with Gasteiger partial charge in [-0.3, -0.25) is 10.2 Å². The fourth-order valence-corrected chi connectivity index (χ4v) is 2.08. The standard InChI is InChI=1S/C9H4ClNO5S/c10-17(14,15)4-1-2-6-5(3-4)8(12)7(11)9(13)16-6/h1-3,11H. The zero-order valence-electron chi connectivity index (χ0n) is 8.06. The molecule has 0 fully saturated rings. The van der Waals surface area contributed by atoms with Crippen LogP contribution in [0.5, 0.6) is 5.75 Å². The molecule has 1 heterocycles. The highest BCUT2D eigenvalue weighted by atomic mass is 35.7. The van der Waals surface area contributed by atoms with Gasteiger partial charge in [-0.15, -0.1) is 0 Å². The fourth-order valence-electron chi connectivity index (χ4n) is 1.31. The predicted octanol–water partition coefficient (Wildman–Crippen LogP) is 0.736. The number of carbonyl (C=O) groups is 2. The molecule has 0 aromatic heterocycles. The summed E-state index contributed by atoms with van der Waals surface area (Å²) in [5, 5.41) is 7.15. The van der Waals surface area contributed by atoms with Crippen LogP contribution >= 0.6 is 10.7 Å². The van der Waals surface area contributed by atoms with Crippen molar-refractivity contribution in [1.82, 2.24) is 0 Å². The van der Waals surface area contributed by atoms with Crippen LogP contribution < -0.4 is 4.74 Å². The largest absolute Gasteiger partial charge is 0.421 e. The van der Waals surface area contributed by atoms with Gasteiger partial charge in [-0.2, -0.15) is 0 Å². The number of carbonyl (C=O) groups excluding carboxylic acids is 2. The lowest BCUT2D eigenvalue weighted by Gasteiger charge is -2.15. The third-order valence-electron chi connectivity index (χ3n) is 2.11. The number of hydrogen-bond acceptors (Lipinski definition) is 6. The van der Waals surface area contributed by atoms with Gasteiger partial charge in [-0.1, -0.05) is 0 Å². The van der Waals surface area contributed by atoms with Crippen LogP contribution in [-0.2, 0) is 13.8 Å². The van der Waals surface area contributed by atoms with Gasteiger partial charge in [0.1, 0.15) is 5.75 Å². The summed E-state index contributed by atoms with van der Waals surface area (Å²) in [6, 6.07) is 3.23. The summed E-state index contributed by atoms with van der Waals surface area (Å²) in [6.07, 6.45) is 0. The van der Waals surface area contributed by atoms with Crippen molar-refractivity contribution in [2.45, 2.75) is 4.90 Å². The number of rotatable bonds is 1. The molecule has 0 radical (unpaired) electrons. The lowest BCUT2D eigenvalue weighted by Crippen LogP contribution is -2.33. The summed E-state index contributed by atoms with van der Waals surface area (Å²) < 4.78 is 26.8. The number of esters is 1. The Balaban J connectivity index is 2.65. The molecule has 1 aliphatic heterocycles. The van der Waals surface area contributed by atoms with E-state index in [9.17, 15) is 18.0 Å². The molecule has 88 valence electrons. The molecule has 1 aliphatic rings. The van der Waals surface area contributed by atoms with Crippen LogP contribution in [-0.4, -0.2) is 25.9 Å². The highest BCUT2D eigenvalue weighted by molar-refractivity contribution is 8.13. The molecule has 0 atom stereocenters. The van der Waals surface area contributed by atoms with Gasteiger partial charge < -0.3 is 4.74 Å². The second-order valence-electron chi connectivity index (χ2n) is 3.19. The predicted molar refractivity (Wildman–Crippen MR) is 57.2 cm³/mol. The van der Waals surface area contributed by atoms with Gasteiger partial charge in [0.25, 0.3) is 9.05 Å². The zero-order valence-corrected chi connectivity index (χ0v) is 9.63. The van der Waals surface area contributed by atoms with Crippen LogP contribution in [0, 0.1) is 5.41 Å². The summed E-state index contributed by atoms with van der Waals surface area (Å²) in [5.74, 6) is -2.04. The molecule has 0 bridgehead atoms. The first kappa shape index (κ1) is 11.7. The topological polar surface area (TPSA) is 101 Å². The maximum Gasteiger partial charge on any atom is 0.365 e. The van der Waals surface area contributed by atoms with Gasteiger partial charge in [-0.05, 0) is 18.2 Å². The maximum atomic E-state index is 11.5. The molecule has 8 heteroatoms. The van der Waals surface area contributed by atoms with E-state index < -0.39 is 26.5 Å². The van der Waals surface area contributed by atoms with Gasteiger partial charge in [0.2, 0.25) is 5.78 Å². The van der Waals surface area contributed by atoms with Crippen molar-refractivity contribution in [3.05, 3.63) is 23.8 Å². The molecule has 1 aromatic rings. The van der Waals surface area contributed by atoms with Gasteiger partial charge in [0.15, 0.2) is 5.71 Å². The van der Waals surface area contributed by atoms with Crippen molar-refractivity contribution in [2.75, 3.05) is 0 Å². The number of hydrogen-bond donors (Lipinski definition) is 1. The van der Waals surface area contributed by atoms with E-state index in [1.165, 1.54) is 0 Å². The van der Waals surface area contributed by atoms with Crippen LogP contribution in [0.2, 0.25) is 0 Å². The highest BCUT2D eigenvalue weighted by Gasteiger charge is 2.32. The fraction of sp³-hybridized carbons (Fsp3) is 0. The first-order valence-electron chi connectivity index (χ1n) is 4.25. The quantitative estimate of drug-likeness (QED) is 0.462. The van der Waals surface area contributed by atoms with E-state index in [4.69, 9.17) is 16.1 Å². The molecule has 0 saturated carbocycles. The molecule has 0 unspecified atom stereocenters. The summed E-state index contributed by atoms with van der Waals surface area (Å²) in [5.41, 5.74) is -1.02. The second-order valence-corrected chi connectivity index (χ2v) is 5.76. The lowest BCUT2D eigenvalue weighted by atomic mass is 10.0. The van der Waals surface area contributed by atoms with Crippen molar-refractivity contribution >= 4 is 37.2 Å². The Kier molecular flexibility index (Phi) is 2.52. The van der Waals surface area contributed by atoms with Crippen molar-refractivity contribution < 1.29 is 22.7 Å². The maximum absolute atomic E-state index is 11.5. The van der Waals surface area contributed by atoms with Crippen LogP contribution in [0.4, 0.5) is 0 Å². The number of ketones is 1. The minimum atomic E-state index is -3.98. The Morgan fingerprint density at radius 2 is 1.88 bits per heavy atom. The van der Waals surface area contributed by atoms with Crippen molar-refractivity contribution in [1.29, 1.82) is 5.41 Å². The van der Waals surface area contributed by atoms with Gasteiger partial charge >= 0.3 is 5.97 Å².